The summed E-state index contributed by atoms with van der Waals surface area (Å²) in [6.07, 6.45) is 1.49. The molecule has 1 aliphatic heterocycles. The van der Waals surface area contributed by atoms with Crippen LogP contribution in [0.3, 0.4) is 0 Å². The molecule has 0 atom stereocenters. The van der Waals surface area contributed by atoms with Crippen LogP contribution in [-0.4, -0.2) is 69.6 Å². The van der Waals surface area contributed by atoms with Gasteiger partial charge in [-0.05, 0) is 51.8 Å². The van der Waals surface area contributed by atoms with Crippen molar-refractivity contribution >= 4 is 34.0 Å². The Bertz CT molecular complexity index is 962. The van der Waals surface area contributed by atoms with Gasteiger partial charge in [0.2, 0.25) is 0 Å². The maximum absolute atomic E-state index is 12.2. The lowest BCUT2D eigenvalue weighted by Crippen LogP contribution is -2.43. The molecule has 1 saturated heterocycles. The first-order chi connectivity index (χ1) is 15.6. The van der Waals surface area contributed by atoms with Crippen LogP contribution >= 0.6 is 15.9 Å². The van der Waals surface area contributed by atoms with E-state index in [4.69, 9.17) is 18.9 Å². The number of ether oxygens (including phenoxy) is 4. The highest BCUT2D eigenvalue weighted by Gasteiger charge is 2.17. The maximum Gasteiger partial charge on any atom is 0.277 e. The first-order valence-corrected chi connectivity index (χ1v) is 10.7. The van der Waals surface area contributed by atoms with Gasteiger partial charge in [0.15, 0.2) is 24.7 Å². The van der Waals surface area contributed by atoms with Gasteiger partial charge in [-0.1, -0.05) is 12.1 Å². The lowest BCUT2D eigenvalue weighted by atomic mass is 10.2. The highest BCUT2D eigenvalue weighted by Crippen LogP contribution is 2.26. The highest BCUT2D eigenvalue weighted by atomic mass is 79.9. The smallest absolute Gasteiger partial charge is 0.277 e. The van der Waals surface area contributed by atoms with Crippen LogP contribution in [0.4, 0.5) is 0 Å². The maximum atomic E-state index is 12.2. The summed E-state index contributed by atoms with van der Waals surface area (Å²) in [6, 6.07) is 12.3. The molecule has 1 aliphatic rings. The van der Waals surface area contributed by atoms with Crippen molar-refractivity contribution in [2.45, 2.75) is 0 Å². The Morgan fingerprint density at radius 2 is 1.81 bits per heavy atom. The number of carbonyl (C=O) groups excluding carboxylic acids is 2. The van der Waals surface area contributed by atoms with Crippen LogP contribution in [0.1, 0.15) is 5.56 Å². The third-order valence-electron chi connectivity index (χ3n) is 4.50. The molecule has 10 heteroatoms. The number of benzene rings is 2. The average molecular weight is 506 g/mol. The Balaban J connectivity index is 1.45. The number of halogens is 1. The molecule has 1 heterocycles. The summed E-state index contributed by atoms with van der Waals surface area (Å²) >= 11 is 3.43. The first-order valence-electron chi connectivity index (χ1n) is 9.92. The number of nitrogens with one attached hydrogen (secondary N) is 1. The number of methoxy groups -OCH3 is 1. The van der Waals surface area contributed by atoms with Gasteiger partial charge < -0.3 is 23.8 Å². The minimum atomic E-state index is -0.409. The van der Waals surface area contributed by atoms with Crippen LogP contribution in [0.2, 0.25) is 0 Å². The average Bonchev–Trinajstić information content (AvgIpc) is 2.82. The second-order valence-corrected chi connectivity index (χ2v) is 7.56. The molecule has 0 unspecified atom stereocenters. The summed E-state index contributed by atoms with van der Waals surface area (Å²) in [6.45, 7) is 2.00. The molecule has 2 aromatic rings. The van der Waals surface area contributed by atoms with Crippen molar-refractivity contribution in [2.24, 2.45) is 5.10 Å². The van der Waals surface area contributed by atoms with Crippen molar-refractivity contribution < 1.29 is 28.5 Å². The van der Waals surface area contributed by atoms with Gasteiger partial charge in [-0.15, -0.1) is 0 Å². The van der Waals surface area contributed by atoms with Gasteiger partial charge >= 0.3 is 0 Å². The number of hydrogen-bond donors (Lipinski definition) is 1. The Labute approximate surface area is 194 Å². The lowest BCUT2D eigenvalue weighted by Gasteiger charge is -2.26. The Hall–Kier alpha value is -3.11. The van der Waals surface area contributed by atoms with E-state index in [2.05, 4.69) is 26.5 Å². The molecule has 3 rings (SSSR count). The molecule has 0 aliphatic carbocycles. The van der Waals surface area contributed by atoms with Crippen molar-refractivity contribution in [1.29, 1.82) is 0 Å². The molecule has 2 amide bonds. The normalized spacial score (nSPS) is 13.6. The molecule has 2 aromatic carbocycles. The molecular formula is C22H24BrN3O6. The predicted molar refractivity (Wildman–Crippen MR) is 121 cm³/mol. The minimum absolute atomic E-state index is 0.0473. The molecular weight excluding hydrogens is 482 g/mol. The van der Waals surface area contributed by atoms with Gasteiger partial charge in [-0.2, -0.15) is 5.10 Å². The molecule has 0 spiro atoms. The number of nitrogens with zero attached hydrogens (tertiary/aromatic N) is 2. The van der Waals surface area contributed by atoms with Crippen LogP contribution in [0.25, 0.3) is 0 Å². The van der Waals surface area contributed by atoms with E-state index < -0.39 is 5.91 Å². The molecule has 1 N–H and O–H groups in total. The van der Waals surface area contributed by atoms with Crippen LogP contribution < -0.4 is 19.6 Å². The molecule has 0 saturated carbocycles. The fraction of sp³-hybridized carbons (Fsp3) is 0.318. The number of para-hydroxylation sites is 2. The highest BCUT2D eigenvalue weighted by molar-refractivity contribution is 9.10. The van der Waals surface area contributed by atoms with Gasteiger partial charge in [-0.25, -0.2) is 5.43 Å². The number of hydrogen-bond acceptors (Lipinski definition) is 7. The summed E-state index contributed by atoms with van der Waals surface area (Å²) in [5.74, 6) is 1.07. The molecule has 0 bridgehead atoms. The van der Waals surface area contributed by atoms with Crippen molar-refractivity contribution in [3.05, 3.63) is 52.5 Å². The van der Waals surface area contributed by atoms with E-state index in [0.29, 0.717) is 48.0 Å². The number of carbonyl (C=O) groups is 2. The zero-order chi connectivity index (χ0) is 22.8. The number of hydrazone groups is 1. The van der Waals surface area contributed by atoms with Gasteiger partial charge in [0.25, 0.3) is 11.8 Å². The molecule has 170 valence electrons. The molecule has 9 nitrogen and oxygen atoms in total. The van der Waals surface area contributed by atoms with E-state index in [0.717, 1.165) is 5.56 Å². The van der Waals surface area contributed by atoms with E-state index in [1.54, 1.807) is 41.3 Å². The Morgan fingerprint density at radius 3 is 2.53 bits per heavy atom. The topological polar surface area (TPSA) is 98.7 Å². The molecule has 0 aromatic heterocycles. The molecule has 0 radical (unpaired) electrons. The number of rotatable bonds is 9. The van der Waals surface area contributed by atoms with Crippen LogP contribution in [0, 0.1) is 0 Å². The van der Waals surface area contributed by atoms with Gasteiger partial charge in [-0.3, -0.25) is 9.59 Å². The van der Waals surface area contributed by atoms with Gasteiger partial charge in [0.05, 0.1) is 31.0 Å². The van der Waals surface area contributed by atoms with Gasteiger partial charge in [0.1, 0.15) is 5.75 Å². The quantitative estimate of drug-likeness (QED) is 0.414. The monoisotopic (exact) mass is 505 g/mol. The second kappa shape index (κ2) is 12.1. The number of morpholine rings is 1. The zero-order valence-corrected chi connectivity index (χ0v) is 19.2. The number of amides is 2. The van der Waals surface area contributed by atoms with Crippen LogP contribution in [-0.2, 0) is 14.3 Å². The minimum Gasteiger partial charge on any atom is -0.493 e. The summed E-state index contributed by atoms with van der Waals surface area (Å²) < 4.78 is 22.1. The van der Waals surface area contributed by atoms with Crippen molar-refractivity contribution in [1.82, 2.24) is 10.3 Å². The fourth-order valence-electron chi connectivity index (χ4n) is 2.85. The standard InChI is InChI=1S/C22H24BrN3O6/c1-29-19-4-2-3-5-20(19)31-14-21(27)25-24-13-16-6-7-18(17(23)12-16)32-15-22(28)26-8-10-30-11-9-26/h2-7,12-13H,8-11,14-15H2,1H3,(H,25,27)/b24-13+. The first kappa shape index (κ1) is 23.6. The van der Waals surface area contributed by atoms with Crippen molar-refractivity contribution in [3.8, 4) is 17.2 Å². The second-order valence-electron chi connectivity index (χ2n) is 6.70. The van der Waals surface area contributed by atoms with E-state index in [1.807, 2.05) is 6.07 Å². The van der Waals surface area contributed by atoms with Crippen LogP contribution in [0.15, 0.2) is 52.0 Å². The Morgan fingerprint density at radius 1 is 1.09 bits per heavy atom. The van der Waals surface area contributed by atoms with Gasteiger partial charge in [0, 0.05) is 13.1 Å². The van der Waals surface area contributed by atoms with Crippen molar-refractivity contribution in [3.63, 3.8) is 0 Å². The SMILES string of the molecule is COc1ccccc1OCC(=O)N/N=C/c1ccc(OCC(=O)N2CCOCC2)c(Br)c1. The third kappa shape index (κ3) is 6.96. The molecule has 32 heavy (non-hydrogen) atoms. The van der Waals surface area contributed by atoms with Crippen molar-refractivity contribution in [2.75, 3.05) is 46.6 Å². The molecule has 1 fully saturated rings. The summed E-state index contributed by atoms with van der Waals surface area (Å²) in [4.78, 5) is 25.9. The van der Waals surface area contributed by atoms with E-state index in [9.17, 15) is 9.59 Å². The lowest BCUT2D eigenvalue weighted by molar-refractivity contribution is -0.137. The zero-order valence-electron chi connectivity index (χ0n) is 17.6. The summed E-state index contributed by atoms with van der Waals surface area (Å²) in [7, 11) is 1.53. The van der Waals surface area contributed by atoms with Crippen LogP contribution in [0.5, 0.6) is 17.2 Å². The largest absolute Gasteiger partial charge is 0.493 e. The van der Waals surface area contributed by atoms with E-state index in [1.165, 1.54) is 13.3 Å². The summed E-state index contributed by atoms with van der Waals surface area (Å²) in [5, 5.41) is 3.93. The Kier molecular flexibility index (Phi) is 8.88. The summed E-state index contributed by atoms with van der Waals surface area (Å²) in [5.41, 5.74) is 3.14. The van der Waals surface area contributed by atoms with E-state index >= 15 is 0 Å². The third-order valence-corrected chi connectivity index (χ3v) is 5.12. The predicted octanol–water partition coefficient (Wildman–Crippen LogP) is 2.22. The van der Waals surface area contributed by atoms with E-state index in [-0.39, 0.29) is 19.1 Å². The fourth-order valence-corrected chi connectivity index (χ4v) is 3.36.